The third-order valence-electron chi connectivity index (χ3n) is 4.51. The molecule has 1 aliphatic rings. The number of aromatic nitrogens is 2. The van der Waals surface area contributed by atoms with Crippen LogP contribution in [0.15, 0.2) is 41.9 Å². The van der Waals surface area contributed by atoms with Crippen molar-refractivity contribution in [2.24, 2.45) is 0 Å². The first-order valence-corrected chi connectivity index (χ1v) is 9.84. The fraction of sp³-hybridized carbons (Fsp3) is 0.263. The molecule has 1 amide bonds. The molecule has 8 heteroatoms. The van der Waals surface area contributed by atoms with E-state index in [-0.39, 0.29) is 23.9 Å². The molecule has 0 spiro atoms. The summed E-state index contributed by atoms with van der Waals surface area (Å²) in [6.45, 7) is 0.662. The quantitative estimate of drug-likeness (QED) is 0.646. The average molecular weight is 406 g/mol. The lowest BCUT2D eigenvalue weighted by molar-refractivity contribution is -0.118. The Hall–Kier alpha value is -2.22. The number of fused-ring (bicyclic) bond motifs is 1. The summed E-state index contributed by atoms with van der Waals surface area (Å²) >= 11 is 7.62. The Morgan fingerprint density at radius 1 is 1.44 bits per heavy atom. The van der Waals surface area contributed by atoms with Crippen LogP contribution < -0.4 is 5.32 Å². The lowest BCUT2D eigenvalue weighted by Gasteiger charge is -2.24. The topological polar surface area (TPSA) is 55.6 Å². The van der Waals surface area contributed by atoms with Crippen molar-refractivity contribution in [3.8, 4) is 0 Å². The van der Waals surface area contributed by atoms with Crippen LogP contribution in [0.3, 0.4) is 0 Å². The fourth-order valence-electron chi connectivity index (χ4n) is 3.21. The van der Waals surface area contributed by atoms with Gasteiger partial charge in [0.15, 0.2) is 10.1 Å². The molecule has 1 saturated heterocycles. The predicted octanol–water partition coefficient (Wildman–Crippen LogP) is 4.24. The number of benzene rings is 1. The summed E-state index contributed by atoms with van der Waals surface area (Å²) in [7, 11) is 0. The molecule has 4 rings (SSSR count). The minimum atomic E-state index is -0.340. The zero-order chi connectivity index (χ0) is 18.8. The number of carbonyl (C=O) groups excluding carboxylic acids is 1. The lowest BCUT2D eigenvalue weighted by Crippen LogP contribution is -2.35. The lowest BCUT2D eigenvalue weighted by atomic mass is 9.99. The molecule has 27 heavy (non-hydrogen) atoms. The molecule has 3 aromatic rings. The van der Waals surface area contributed by atoms with E-state index in [4.69, 9.17) is 16.3 Å². The standard InChI is InChI=1S/C19H17ClFN3O2S/c20-18-14(24-9-11-27-19(24)23-18)7-8-16(25)22-17(15-2-1-10-26-15)12-3-5-13(21)6-4-12/h3-9,11,15,17H,1-2,10H2,(H,22,25). The van der Waals surface area contributed by atoms with Crippen molar-refractivity contribution in [2.45, 2.75) is 25.0 Å². The van der Waals surface area contributed by atoms with E-state index >= 15 is 0 Å². The number of nitrogens with one attached hydrogen (secondary N) is 1. The minimum Gasteiger partial charge on any atom is -0.376 e. The molecule has 0 aliphatic carbocycles. The number of imidazole rings is 1. The molecule has 2 aromatic heterocycles. The first-order chi connectivity index (χ1) is 13.1. The molecule has 2 unspecified atom stereocenters. The summed E-state index contributed by atoms with van der Waals surface area (Å²) in [6, 6.07) is 5.78. The van der Waals surface area contributed by atoms with E-state index < -0.39 is 0 Å². The zero-order valence-corrected chi connectivity index (χ0v) is 15.8. The summed E-state index contributed by atoms with van der Waals surface area (Å²) in [5.41, 5.74) is 1.46. The maximum absolute atomic E-state index is 13.3. The van der Waals surface area contributed by atoms with Gasteiger partial charge in [-0.2, -0.15) is 0 Å². The normalized spacial score (nSPS) is 18.4. The second-order valence-corrected chi connectivity index (χ2v) is 7.50. The maximum Gasteiger partial charge on any atom is 0.244 e. The van der Waals surface area contributed by atoms with Gasteiger partial charge in [0.05, 0.1) is 17.8 Å². The summed E-state index contributed by atoms with van der Waals surface area (Å²) in [5.74, 6) is -0.590. The van der Waals surface area contributed by atoms with Crippen LogP contribution in [0.25, 0.3) is 11.0 Å². The maximum atomic E-state index is 13.3. The van der Waals surface area contributed by atoms with Crippen LogP contribution in [0.2, 0.25) is 5.15 Å². The van der Waals surface area contributed by atoms with Crippen molar-refractivity contribution in [3.05, 3.63) is 64.1 Å². The second-order valence-electron chi connectivity index (χ2n) is 6.27. The molecule has 0 bridgehead atoms. The number of nitrogens with zero attached hydrogens (tertiary/aromatic N) is 2. The van der Waals surface area contributed by atoms with Gasteiger partial charge < -0.3 is 10.1 Å². The highest BCUT2D eigenvalue weighted by atomic mass is 35.5. The molecule has 1 aromatic carbocycles. The van der Waals surface area contributed by atoms with Crippen molar-refractivity contribution in [2.75, 3.05) is 6.61 Å². The third kappa shape index (κ3) is 3.90. The molecule has 2 atom stereocenters. The second kappa shape index (κ2) is 7.80. The van der Waals surface area contributed by atoms with E-state index in [1.54, 1.807) is 18.2 Å². The molecular formula is C19H17ClFN3O2S. The monoisotopic (exact) mass is 405 g/mol. The smallest absolute Gasteiger partial charge is 0.244 e. The van der Waals surface area contributed by atoms with Gasteiger partial charge in [-0.1, -0.05) is 23.7 Å². The van der Waals surface area contributed by atoms with Gasteiger partial charge >= 0.3 is 0 Å². The van der Waals surface area contributed by atoms with E-state index in [9.17, 15) is 9.18 Å². The van der Waals surface area contributed by atoms with Gasteiger partial charge in [0, 0.05) is 24.3 Å². The highest BCUT2D eigenvalue weighted by Crippen LogP contribution is 2.27. The zero-order valence-electron chi connectivity index (χ0n) is 14.3. The summed E-state index contributed by atoms with van der Waals surface area (Å²) in [6.07, 6.45) is 6.57. The van der Waals surface area contributed by atoms with Crippen LogP contribution in [0, 0.1) is 5.82 Å². The first kappa shape index (κ1) is 18.2. The van der Waals surface area contributed by atoms with Crippen LogP contribution in [-0.2, 0) is 9.53 Å². The van der Waals surface area contributed by atoms with Gasteiger partial charge in [-0.15, -0.1) is 11.3 Å². The Balaban J connectivity index is 1.53. The summed E-state index contributed by atoms with van der Waals surface area (Å²) in [4.78, 5) is 17.5. The third-order valence-corrected chi connectivity index (χ3v) is 5.55. The molecule has 1 aliphatic heterocycles. The van der Waals surface area contributed by atoms with Crippen molar-refractivity contribution in [1.82, 2.24) is 14.7 Å². The number of halogens is 2. The Kier molecular flexibility index (Phi) is 5.24. The number of hydrogen-bond acceptors (Lipinski definition) is 4. The summed E-state index contributed by atoms with van der Waals surface area (Å²) in [5, 5.41) is 5.22. The van der Waals surface area contributed by atoms with Crippen molar-refractivity contribution >= 4 is 39.9 Å². The van der Waals surface area contributed by atoms with Gasteiger partial charge in [0.25, 0.3) is 0 Å². The number of rotatable bonds is 5. The van der Waals surface area contributed by atoms with Crippen molar-refractivity contribution < 1.29 is 13.9 Å². The molecule has 0 saturated carbocycles. The molecule has 140 valence electrons. The van der Waals surface area contributed by atoms with Crippen LogP contribution in [0.4, 0.5) is 4.39 Å². The Labute approximate surface area is 164 Å². The molecule has 0 radical (unpaired) electrons. The average Bonchev–Trinajstić information content (AvgIpc) is 3.37. The Morgan fingerprint density at radius 3 is 3.00 bits per heavy atom. The minimum absolute atomic E-state index is 0.130. The summed E-state index contributed by atoms with van der Waals surface area (Å²) < 4.78 is 20.8. The number of ether oxygens (including phenoxy) is 1. The molecule has 1 N–H and O–H groups in total. The number of thiazole rings is 1. The van der Waals surface area contributed by atoms with E-state index in [1.807, 2.05) is 16.0 Å². The van der Waals surface area contributed by atoms with Crippen LogP contribution in [-0.4, -0.2) is 28.0 Å². The van der Waals surface area contributed by atoms with Crippen molar-refractivity contribution in [3.63, 3.8) is 0 Å². The van der Waals surface area contributed by atoms with Crippen molar-refractivity contribution in [1.29, 1.82) is 0 Å². The number of hydrogen-bond donors (Lipinski definition) is 1. The Morgan fingerprint density at radius 2 is 2.26 bits per heavy atom. The van der Waals surface area contributed by atoms with E-state index in [1.165, 1.54) is 29.5 Å². The van der Waals surface area contributed by atoms with Crippen LogP contribution in [0.5, 0.6) is 0 Å². The fourth-order valence-corrected chi connectivity index (χ4v) is 4.21. The van der Waals surface area contributed by atoms with Gasteiger partial charge in [0.1, 0.15) is 5.82 Å². The number of carbonyl (C=O) groups is 1. The van der Waals surface area contributed by atoms with Crippen LogP contribution >= 0.6 is 22.9 Å². The van der Waals surface area contributed by atoms with Gasteiger partial charge in [-0.05, 0) is 36.6 Å². The van der Waals surface area contributed by atoms with Gasteiger partial charge in [-0.3, -0.25) is 9.20 Å². The largest absolute Gasteiger partial charge is 0.376 e. The number of amides is 1. The predicted molar refractivity (Wildman–Crippen MR) is 103 cm³/mol. The van der Waals surface area contributed by atoms with Gasteiger partial charge in [-0.25, -0.2) is 9.37 Å². The molecule has 1 fully saturated rings. The van der Waals surface area contributed by atoms with E-state index in [2.05, 4.69) is 10.3 Å². The molecule has 5 nitrogen and oxygen atoms in total. The van der Waals surface area contributed by atoms with E-state index in [0.29, 0.717) is 17.5 Å². The van der Waals surface area contributed by atoms with Crippen LogP contribution in [0.1, 0.15) is 30.1 Å². The first-order valence-electron chi connectivity index (χ1n) is 8.58. The Bertz CT molecular complexity index is 977. The molecule has 3 heterocycles. The SMILES string of the molecule is O=C(C=Cc1c(Cl)nc2sccn12)NC(c1ccc(F)cc1)C1CCCO1. The highest BCUT2D eigenvalue weighted by molar-refractivity contribution is 7.15. The molecular weight excluding hydrogens is 389 g/mol. The highest BCUT2D eigenvalue weighted by Gasteiger charge is 2.28. The van der Waals surface area contributed by atoms with Gasteiger partial charge in [0.2, 0.25) is 5.91 Å². The van der Waals surface area contributed by atoms with E-state index in [0.717, 1.165) is 23.4 Å².